The minimum atomic E-state index is -0.111. The van der Waals surface area contributed by atoms with Gasteiger partial charge in [-0.15, -0.1) is 0 Å². The van der Waals surface area contributed by atoms with Crippen LogP contribution in [-0.2, 0) is 16.1 Å². The first-order valence-corrected chi connectivity index (χ1v) is 7.81. The standard InChI is InChI=1S/C18H22N2O3/c1-2-23-13-7-11-19-17(21)14-20-12-6-10-16(20)18(22)15-8-4-3-5-9-15/h3-6,8-10,12H,2,7,11,13-14H2,1H3,(H,19,21). The first-order valence-electron chi connectivity index (χ1n) is 7.81. The Hall–Kier alpha value is -2.40. The summed E-state index contributed by atoms with van der Waals surface area (Å²) in [5.74, 6) is -0.195. The largest absolute Gasteiger partial charge is 0.382 e. The van der Waals surface area contributed by atoms with Crippen LogP contribution in [0.1, 0.15) is 29.4 Å². The molecule has 122 valence electrons. The number of benzene rings is 1. The highest BCUT2D eigenvalue weighted by atomic mass is 16.5. The fourth-order valence-electron chi connectivity index (χ4n) is 2.25. The zero-order valence-corrected chi connectivity index (χ0v) is 13.3. The third-order valence-corrected chi connectivity index (χ3v) is 3.40. The molecule has 1 aromatic heterocycles. The van der Waals surface area contributed by atoms with Gasteiger partial charge in [-0.3, -0.25) is 9.59 Å². The molecule has 0 aliphatic carbocycles. The molecule has 5 heteroatoms. The van der Waals surface area contributed by atoms with Gasteiger partial charge in [0.25, 0.3) is 0 Å². The third kappa shape index (κ3) is 5.07. The number of ether oxygens (including phenoxy) is 1. The summed E-state index contributed by atoms with van der Waals surface area (Å²) in [4.78, 5) is 24.4. The Labute approximate surface area is 136 Å². The topological polar surface area (TPSA) is 60.3 Å². The molecule has 1 heterocycles. The number of nitrogens with zero attached hydrogens (tertiary/aromatic N) is 1. The summed E-state index contributed by atoms with van der Waals surface area (Å²) in [5, 5.41) is 2.83. The van der Waals surface area contributed by atoms with Crippen molar-refractivity contribution in [1.29, 1.82) is 0 Å². The van der Waals surface area contributed by atoms with E-state index in [2.05, 4.69) is 5.32 Å². The molecule has 0 saturated heterocycles. The van der Waals surface area contributed by atoms with Crippen molar-refractivity contribution in [3.05, 3.63) is 59.9 Å². The van der Waals surface area contributed by atoms with Crippen LogP contribution in [0.2, 0.25) is 0 Å². The SMILES string of the molecule is CCOCCCNC(=O)Cn1cccc1C(=O)c1ccccc1. The Morgan fingerprint density at radius 3 is 2.65 bits per heavy atom. The van der Waals surface area contributed by atoms with E-state index in [1.165, 1.54) is 0 Å². The minimum absolute atomic E-state index is 0.0836. The van der Waals surface area contributed by atoms with E-state index in [0.29, 0.717) is 31.0 Å². The van der Waals surface area contributed by atoms with Crippen LogP contribution >= 0.6 is 0 Å². The molecule has 2 aromatic rings. The van der Waals surface area contributed by atoms with E-state index in [9.17, 15) is 9.59 Å². The molecule has 0 fully saturated rings. The van der Waals surface area contributed by atoms with Crippen molar-refractivity contribution >= 4 is 11.7 Å². The first kappa shape index (κ1) is 17.0. The molecular weight excluding hydrogens is 292 g/mol. The smallest absolute Gasteiger partial charge is 0.239 e. The molecule has 1 amide bonds. The van der Waals surface area contributed by atoms with Crippen molar-refractivity contribution in [2.24, 2.45) is 0 Å². The van der Waals surface area contributed by atoms with Crippen molar-refractivity contribution in [2.75, 3.05) is 19.8 Å². The van der Waals surface area contributed by atoms with Gasteiger partial charge in [0.15, 0.2) is 0 Å². The van der Waals surface area contributed by atoms with Crippen molar-refractivity contribution in [1.82, 2.24) is 9.88 Å². The molecule has 0 bridgehead atoms. The van der Waals surface area contributed by atoms with Crippen LogP contribution in [0.4, 0.5) is 0 Å². The summed E-state index contributed by atoms with van der Waals surface area (Å²) in [6.07, 6.45) is 2.52. The van der Waals surface area contributed by atoms with E-state index in [0.717, 1.165) is 6.42 Å². The minimum Gasteiger partial charge on any atom is -0.382 e. The van der Waals surface area contributed by atoms with Crippen LogP contribution < -0.4 is 5.32 Å². The number of nitrogens with one attached hydrogen (secondary N) is 1. The van der Waals surface area contributed by atoms with Crippen LogP contribution in [0.25, 0.3) is 0 Å². The number of carbonyl (C=O) groups excluding carboxylic acids is 2. The molecule has 0 aliphatic heterocycles. The van der Waals surface area contributed by atoms with E-state index in [1.807, 2.05) is 25.1 Å². The van der Waals surface area contributed by atoms with Gasteiger partial charge in [-0.2, -0.15) is 0 Å². The lowest BCUT2D eigenvalue weighted by Gasteiger charge is -2.09. The number of hydrogen-bond donors (Lipinski definition) is 1. The summed E-state index contributed by atoms with van der Waals surface area (Å²) >= 11 is 0. The second-order valence-corrected chi connectivity index (χ2v) is 5.12. The number of rotatable bonds is 9. The quantitative estimate of drug-likeness (QED) is 0.570. The average Bonchev–Trinajstić information content (AvgIpc) is 3.02. The highest BCUT2D eigenvalue weighted by Crippen LogP contribution is 2.10. The van der Waals surface area contributed by atoms with Crippen molar-refractivity contribution < 1.29 is 14.3 Å². The van der Waals surface area contributed by atoms with Crippen molar-refractivity contribution in [3.63, 3.8) is 0 Å². The van der Waals surface area contributed by atoms with E-state index in [4.69, 9.17) is 4.74 Å². The van der Waals surface area contributed by atoms with Gasteiger partial charge in [-0.25, -0.2) is 0 Å². The molecule has 0 unspecified atom stereocenters. The monoisotopic (exact) mass is 314 g/mol. The highest BCUT2D eigenvalue weighted by Gasteiger charge is 2.14. The van der Waals surface area contributed by atoms with Gasteiger partial charge in [-0.05, 0) is 25.5 Å². The van der Waals surface area contributed by atoms with Crippen LogP contribution in [-0.4, -0.2) is 36.0 Å². The van der Waals surface area contributed by atoms with Gasteiger partial charge in [0.05, 0.1) is 5.69 Å². The maximum atomic E-state index is 12.5. The van der Waals surface area contributed by atoms with Gasteiger partial charge < -0.3 is 14.6 Å². The molecule has 0 radical (unpaired) electrons. The zero-order valence-electron chi connectivity index (χ0n) is 13.3. The molecule has 0 aliphatic rings. The van der Waals surface area contributed by atoms with Gasteiger partial charge in [-0.1, -0.05) is 30.3 Å². The molecular formula is C18H22N2O3. The van der Waals surface area contributed by atoms with E-state index >= 15 is 0 Å². The van der Waals surface area contributed by atoms with Crippen LogP contribution in [0.5, 0.6) is 0 Å². The fourth-order valence-corrected chi connectivity index (χ4v) is 2.25. The molecule has 1 aromatic carbocycles. The zero-order chi connectivity index (χ0) is 16.5. The number of carbonyl (C=O) groups is 2. The molecule has 5 nitrogen and oxygen atoms in total. The Kier molecular flexibility index (Phi) is 6.56. The number of amides is 1. The van der Waals surface area contributed by atoms with Gasteiger partial charge in [0, 0.05) is 31.5 Å². The second-order valence-electron chi connectivity index (χ2n) is 5.12. The number of hydrogen-bond acceptors (Lipinski definition) is 3. The summed E-state index contributed by atoms with van der Waals surface area (Å²) in [6, 6.07) is 12.6. The van der Waals surface area contributed by atoms with E-state index in [1.54, 1.807) is 35.0 Å². The Morgan fingerprint density at radius 2 is 1.91 bits per heavy atom. The first-order chi connectivity index (χ1) is 11.2. The number of ketones is 1. The Bertz CT molecular complexity index is 635. The maximum Gasteiger partial charge on any atom is 0.239 e. The fraction of sp³-hybridized carbons (Fsp3) is 0.333. The lowest BCUT2D eigenvalue weighted by molar-refractivity contribution is -0.121. The average molecular weight is 314 g/mol. The summed E-state index contributed by atoms with van der Waals surface area (Å²) in [6.45, 7) is 3.97. The second kappa shape index (κ2) is 8.90. The predicted molar refractivity (Wildman–Crippen MR) is 88.4 cm³/mol. The molecule has 0 saturated carbocycles. The van der Waals surface area contributed by atoms with E-state index in [-0.39, 0.29) is 18.2 Å². The van der Waals surface area contributed by atoms with E-state index < -0.39 is 0 Å². The Balaban J connectivity index is 1.91. The number of aromatic nitrogens is 1. The molecule has 1 N–H and O–H groups in total. The van der Waals surface area contributed by atoms with Crippen LogP contribution in [0.3, 0.4) is 0 Å². The third-order valence-electron chi connectivity index (χ3n) is 3.40. The summed E-state index contributed by atoms with van der Waals surface area (Å²) in [7, 11) is 0. The maximum absolute atomic E-state index is 12.5. The van der Waals surface area contributed by atoms with Gasteiger partial charge >= 0.3 is 0 Å². The van der Waals surface area contributed by atoms with Gasteiger partial charge in [0.1, 0.15) is 6.54 Å². The normalized spacial score (nSPS) is 10.5. The molecule has 0 atom stereocenters. The van der Waals surface area contributed by atoms with Crippen LogP contribution in [0, 0.1) is 0 Å². The lowest BCUT2D eigenvalue weighted by Crippen LogP contribution is -2.29. The van der Waals surface area contributed by atoms with Gasteiger partial charge in [0.2, 0.25) is 11.7 Å². The Morgan fingerprint density at radius 1 is 1.13 bits per heavy atom. The van der Waals surface area contributed by atoms with Crippen molar-refractivity contribution in [3.8, 4) is 0 Å². The van der Waals surface area contributed by atoms with Crippen molar-refractivity contribution in [2.45, 2.75) is 19.9 Å². The lowest BCUT2D eigenvalue weighted by atomic mass is 10.1. The predicted octanol–water partition coefficient (Wildman–Crippen LogP) is 2.26. The molecule has 23 heavy (non-hydrogen) atoms. The molecule has 0 spiro atoms. The summed E-state index contributed by atoms with van der Waals surface area (Å²) < 4.78 is 6.89. The molecule has 2 rings (SSSR count). The van der Waals surface area contributed by atoms with Crippen LogP contribution in [0.15, 0.2) is 48.7 Å². The summed E-state index contributed by atoms with van der Waals surface area (Å²) in [5.41, 5.74) is 1.13. The highest BCUT2D eigenvalue weighted by molar-refractivity contribution is 6.08.